The van der Waals surface area contributed by atoms with E-state index in [0.717, 1.165) is 167 Å². The third-order valence-corrected chi connectivity index (χ3v) is 12.4. The quantitative estimate of drug-likeness (QED) is 0.0261. The highest BCUT2D eigenvalue weighted by molar-refractivity contribution is 5.71. The van der Waals surface area contributed by atoms with Crippen molar-refractivity contribution in [1.29, 1.82) is 0 Å². The van der Waals surface area contributed by atoms with Gasteiger partial charge in [-0.3, -0.25) is 14.4 Å². The Kier molecular flexibility index (Phi) is 60.0. The van der Waals surface area contributed by atoms with E-state index in [0.29, 0.717) is 19.3 Å². The number of carbonyl (C=O) groups excluding carboxylic acids is 3. The van der Waals surface area contributed by atoms with E-state index >= 15 is 0 Å². The summed E-state index contributed by atoms with van der Waals surface area (Å²) in [5.41, 5.74) is 0. The lowest BCUT2D eigenvalue weighted by atomic mass is 10.1. The second-order valence-electron chi connectivity index (χ2n) is 19.8. The summed E-state index contributed by atoms with van der Waals surface area (Å²) in [5.74, 6) is -0.992. The molecule has 0 spiro atoms. The highest BCUT2D eigenvalue weighted by Gasteiger charge is 2.19. The highest BCUT2D eigenvalue weighted by Crippen LogP contribution is 2.13. The van der Waals surface area contributed by atoms with Gasteiger partial charge >= 0.3 is 17.9 Å². The average molecular weight is 1070 g/mol. The van der Waals surface area contributed by atoms with Crippen molar-refractivity contribution in [3.63, 3.8) is 0 Å². The lowest BCUT2D eigenvalue weighted by molar-refractivity contribution is -0.167. The number of unbranched alkanes of at least 4 members (excludes halogenated alkanes) is 15. The first kappa shape index (κ1) is 72.8. The van der Waals surface area contributed by atoms with E-state index in [1.54, 1.807) is 0 Å². The van der Waals surface area contributed by atoms with Gasteiger partial charge in [0.05, 0.1) is 0 Å². The first-order valence-corrected chi connectivity index (χ1v) is 31.1. The SMILES string of the molecule is CC/C=C\C/C=C\C/C=C\C/C=C\C/C=C\C/C=C\C/C=C\C/C=C\CCCCCCCCC(=O)OCC(COC(=O)CCCCCCC/C=C\C/C=C\CCCC)OC(=O)CCCC/C=C\C/C=C\C/C=C\C/C=C\CC. The molecule has 0 saturated carbocycles. The Morgan fingerprint density at radius 3 is 0.808 bits per heavy atom. The molecule has 1 unspecified atom stereocenters. The van der Waals surface area contributed by atoms with E-state index in [4.69, 9.17) is 14.2 Å². The minimum atomic E-state index is -0.821. The summed E-state index contributed by atoms with van der Waals surface area (Å²) in [6.45, 7) is 6.30. The first-order chi connectivity index (χ1) is 38.5. The number of ether oxygens (including phenoxy) is 3. The molecule has 0 saturated heterocycles. The van der Waals surface area contributed by atoms with E-state index in [-0.39, 0.29) is 37.5 Å². The van der Waals surface area contributed by atoms with E-state index in [1.807, 2.05) is 0 Å². The smallest absolute Gasteiger partial charge is 0.306 e. The van der Waals surface area contributed by atoms with Gasteiger partial charge in [-0.1, -0.05) is 249 Å². The van der Waals surface area contributed by atoms with Gasteiger partial charge in [-0.25, -0.2) is 0 Å². The molecular weight excluding hydrogens is 961 g/mol. The standard InChI is InChI=1S/C72H112O6/c1-4-7-10-13-16-19-22-25-28-29-30-31-32-33-34-35-36-37-38-39-40-41-42-43-45-47-50-53-56-59-62-65-71(74)77-68-69(67-76-70(73)64-61-58-55-52-49-46-27-24-21-18-15-12-9-6-3)78-72(75)66-63-60-57-54-51-48-44-26-23-20-17-14-11-8-5-2/h7-8,10-11,15-20,24-28,30-31,33-34,36-37,39-40,42-44,51,54,69H,4-6,9,12-14,21-23,29,32,35,38,41,45-50,52-53,55-68H2,1-3H3/b10-7-,11-8-,18-15-,19-16-,20-17-,27-24-,28-25-,31-30-,34-33-,37-36-,40-39-,43-42-,44-26-,54-51-. The van der Waals surface area contributed by atoms with Gasteiger partial charge in [0, 0.05) is 19.3 Å². The molecule has 0 rings (SSSR count). The van der Waals surface area contributed by atoms with Crippen LogP contribution in [0.3, 0.4) is 0 Å². The van der Waals surface area contributed by atoms with E-state index in [2.05, 4.69) is 191 Å². The predicted molar refractivity (Wildman–Crippen MR) is 338 cm³/mol. The predicted octanol–water partition coefficient (Wildman–Crippen LogP) is 21.5. The molecule has 0 aliphatic rings. The molecule has 0 fully saturated rings. The van der Waals surface area contributed by atoms with Crippen LogP contribution in [0, 0.1) is 0 Å². The topological polar surface area (TPSA) is 78.9 Å². The van der Waals surface area contributed by atoms with Gasteiger partial charge < -0.3 is 14.2 Å². The van der Waals surface area contributed by atoms with Crippen LogP contribution in [0.15, 0.2) is 170 Å². The van der Waals surface area contributed by atoms with Gasteiger partial charge in [0.1, 0.15) is 13.2 Å². The highest BCUT2D eigenvalue weighted by atomic mass is 16.6. The number of hydrogen-bond acceptors (Lipinski definition) is 6. The van der Waals surface area contributed by atoms with Crippen LogP contribution in [0.5, 0.6) is 0 Å². The van der Waals surface area contributed by atoms with Crippen LogP contribution in [0.4, 0.5) is 0 Å². The van der Waals surface area contributed by atoms with E-state index < -0.39 is 6.10 Å². The normalized spacial score (nSPS) is 13.3. The summed E-state index contributed by atoms with van der Waals surface area (Å²) >= 11 is 0. The van der Waals surface area contributed by atoms with Crippen molar-refractivity contribution in [3.05, 3.63) is 170 Å². The maximum absolute atomic E-state index is 12.9. The molecule has 0 radical (unpaired) electrons. The molecule has 0 bridgehead atoms. The van der Waals surface area contributed by atoms with E-state index in [9.17, 15) is 14.4 Å². The Hall–Kier alpha value is -5.23. The Labute approximate surface area is 479 Å². The van der Waals surface area contributed by atoms with Crippen LogP contribution >= 0.6 is 0 Å². The fourth-order valence-corrected chi connectivity index (χ4v) is 7.82. The van der Waals surface area contributed by atoms with Gasteiger partial charge in [0.2, 0.25) is 0 Å². The van der Waals surface area contributed by atoms with Crippen LogP contribution < -0.4 is 0 Å². The van der Waals surface area contributed by atoms with Crippen molar-refractivity contribution < 1.29 is 28.6 Å². The minimum Gasteiger partial charge on any atom is -0.462 e. The fourth-order valence-electron chi connectivity index (χ4n) is 7.82. The zero-order chi connectivity index (χ0) is 56.4. The zero-order valence-corrected chi connectivity index (χ0v) is 49.9. The zero-order valence-electron chi connectivity index (χ0n) is 49.9. The summed E-state index contributed by atoms with van der Waals surface area (Å²) in [7, 11) is 0. The Balaban J connectivity index is 4.40. The van der Waals surface area contributed by atoms with Crippen molar-refractivity contribution >= 4 is 17.9 Å². The first-order valence-electron chi connectivity index (χ1n) is 31.1. The van der Waals surface area contributed by atoms with Gasteiger partial charge in [0.15, 0.2) is 6.10 Å². The van der Waals surface area contributed by atoms with Crippen LogP contribution in [0.25, 0.3) is 0 Å². The molecular formula is C72H112O6. The van der Waals surface area contributed by atoms with Gasteiger partial charge in [-0.2, -0.15) is 0 Å². The van der Waals surface area contributed by atoms with Gasteiger partial charge in [-0.15, -0.1) is 0 Å². The van der Waals surface area contributed by atoms with Crippen LogP contribution in [-0.2, 0) is 28.6 Å². The van der Waals surface area contributed by atoms with Crippen molar-refractivity contribution in [2.75, 3.05) is 13.2 Å². The third-order valence-electron chi connectivity index (χ3n) is 12.4. The summed E-state index contributed by atoms with van der Waals surface area (Å²) in [6.07, 6.45) is 95.0. The molecule has 0 aliphatic heterocycles. The summed E-state index contributed by atoms with van der Waals surface area (Å²) in [5, 5.41) is 0. The van der Waals surface area contributed by atoms with Crippen molar-refractivity contribution in [1.82, 2.24) is 0 Å². The Bertz CT molecular complexity index is 1810. The van der Waals surface area contributed by atoms with Crippen LogP contribution in [0.1, 0.15) is 245 Å². The maximum Gasteiger partial charge on any atom is 0.306 e. The second-order valence-corrected chi connectivity index (χ2v) is 19.8. The maximum atomic E-state index is 12.9. The molecule has 1 atom stereocenters. The number of allylic oxidation sites excluding steroid dienone is 28. The summed E-state index contributed by atoms with van der Waals surface area (Å²) in [6, 6.07) is 0. The lowest BCUT2D eigenvalue weighted by Gasteiger charge is -2.18. The minimum absolute atomic E-state index is 0.114. The fraction of sp³-hybridized carbons (Fsp3) is 0.569. The lowest BCUT2D eigenvalue weighted by Crippen LogP contribution is -2.30. The summed E-state index contributed by atoms with van der Waals surface area (Å²) in [4.78, 5) is 38.2. The molecule has 6 heteroatoms. The Morgan fingerprint density at radius 1 is 0.269 bits per heavy atom. The van der Waals surface area contributed by atoms with Crippen molar-refractivity contribution in [2.45, 2.75) is 252 Å². The monoisotopic (exact) mass is 1070 g/mol. The number of rotatable bonds is 54. The third kappa shape index (κ3) is 61.6. The number of esters is 3. The molecule has 0 aromatic rings. The molecule has 0 heterocycles. The molecule has 78 heavy (non-hydrogen) atoms. The second kappa shape index (κ2) is 64.3. The average Bonchev–Trinajstić information content (AvgIpc) is 3.44. The van der Waals surface area contributed by atoms with Crippen molar-refractivity contribution in [2.24, 2.45) is 0 Å². The van der Waals surface area contributed by atoms with Crippen LogP contribution in [-0.4, -0.2) is 37.2 Å². The molecule has 6 nitrogen and oxygen atoms in total. The number of hydrogen-bond donors (Lipinski definition) is 0. The molecule has 0 aliphatic carbocycles. The number of carbonyl (C=O) groups is 3. The Morgan fingerprint density at radius 2 is 0.500 bits per heavy atom. The summed E-state index contributed by atoms with van der Waals surface area (Å²) < 4.78 is 16.8. The van der Waals surface area contributed by atoms with Gasteiger partial charge in [-0.05, 0) is 148 Å². The van der Waals surface area contributed by atoms with Gasteiger partial charge in [0.25, 0.3) is 0 Å². The molecule has 0 aromatic carbocycles. The van der Waals surface area contributed by atoms with Crippen LogP contribution in [0.2, 0.25) is 0 Å². The molecule has 0 amide bonds. The molecule has 0 N–H and O–H groups in total. The molecule has 436 valence electrons. The van der Waals surface area contributed by atoms with Crippen molar-refractivity contribution in [3.8, 4) is 0 Å². The van der Waals surface area contributed by atoms with E-state index in [1.165, 1.54) is 32.1 Å². The largest absolute Gasteiger partial charge is 0.462 e. The molecule has 0 aromatic heterocycles.